The van der Waals surface area contributed by atoms with Gasteiger partial charge in [0.15, 0.2) is 17.4 Å². The molecule has 3 aromatic carbocycles. The molecule has 0 atom stereocenters. The summed E-state index contributed by atoms with van der Waals surface area (Å²) < 4.78 is 23.7. The Morgan fingerprint density at radius 1 is 1.05 bits per heavy atom. The minimum atomic E-state index is -0.483. The van der Waals surface area contributed by atoms with Gasteiger partial charge in [0.2, 0.25) is 4.96 Å². The van der Waals surface area contributed by atoms with Crippen molar-refractivity contribution >= 4 is 45.6 Å². The van der Waals surface area contributed by atoms with E-state index in [1.165, 1.54) is 21.9 Å². The number of benzene rings is 3. The highest BCUT2D eigenvalue weighted by atomic mass is 35.5. The number of halogens is 3. The first-order valence-corrected chi connectivity index (χ1v) is 13.9. The Balaban J connectivity index is 1.46. The van der Waals surface area contributed by atoms with Crippen molar-refractivity contribution in [3.05, 3.63) is 109 Å². The first-order valence-electron chi connectivity index (χ1n) is 12.4. The number of thiazole rings is 1. The van der Waals surface area contributed by atoms with Crippen LogP contribution in [0.25, 0.3) is 39.4 Å². The van der Waals surface area contributed by atoms with Gasteiger partial charge in [0.25, 0.3) is 5.56 Å². The van der Waals surface area contributed by atoms with Crippen molar-refractivity contribution in [3.8, 4) is 34.1 Å². The summed E-state index contributed by atoms with van der Waals surface area (Å²) in [7, 11) is 0. The average Bonchev–Trinajstić information content (AvgIpc) is 3.63. The van der Waals surface area contributed by atoms with Crippen LogP contribution in [0.15, 0.2) is 77.7 Å². The Morgan fingerprint density at radius 2 is 1.88 bits per heavy atom. The average molecular weight is 592 g/mol. The summed E-state index contributed by atoms with van der Waals surface area (Å²) in [4.78, 5) is 18.3. The third-order valence-electron chi connectivity index (χ3n) is 6.07. The largest absolute Gasteiger partial charge is 0.491 e. The molecule has 3 aromatic heterocycles. The van der Waals surface area contributed by atoms with Crippen molar-refractivity contribution in [2.24, 2.45) is 0 Å². The summed E-state index contributed by atoms with van der Waals surface area (Å²) in [5.41, 5.74) is 2.75. The Labute approximate surface area is 241 Å². The van der Waals surface area contributed by atoms with Gasteiger partial charge in [-0.1, -0.05) is 59.7 Å². The van der Waals surface area contributed by atoms with Crippen LogP contribution in [0.4, 0.5) is 4.39 Å². The van der Waals surface area contributed by atoms with Gasteiger partial charge >= 0.3 is 0 Å². The maximum Gasteiger partial charge on any atom is 0.291 e. The molecular formula is C29H20Cl2FN5O2S. The fourth-order valence-corrected chi connectivity index (χ4v) is 5.56. The van der Waals surface area contributed by atoms with Crippen LogP contribution in [-0.2, 0) is 0 Å². The highest BCUT2D eigenvalue weighted by molar-refractivity contribution is 7.15. The normalized spacial score (nSPS) is 11.9. The smallest absolute Gasteiger partial charge is 0.291 e. The Morgan fingerprint density at radius 3 is 2.60 bits per heavy atom. The van der Waals surface area contributed by atoms with E-state index in [1.54, 1.807) is 47.3 Å². The Kier molecular flexibility index (Phi) is 7.10. The minimum Gasteiger partial charge on any atom is -0.491 e. The molecule has 0 radical (unpaired) electrons. The van der Waals surface area contributed by atoms with Gasteiger partial charge in [0.1, 0.15) is 5.69 Å². The second-order valence-electron chi connectivity index (χ2n) is 8.88. The number of rotatable bonds is 7. The third kappa shape index (κ3) is 4.99. The zero-order valence-corrected chi connectivity index (χ0v) is 23.3. The molecule has 6 aromatic rings. The first-order chi connectivity index (χ1) is 19.4. The Hall–Kier alpha value is -4.05. The summed E-state index contributed by atoms with van der Waals surface area (Å²) in [5.74, 6) is 0.0282. The zero-order chi connectivity index (χ0) is 27.8. The van der Waals surface area contributed by atoms with E-state index in [4.69, 9.17) is 33.0 Å². The van der Waals surface area contributed by atoms with Gasteiger partial charge < -0.3 is 4.74 Å². The number of fused-ring (bicyclic) bond motifs is 1. The number of para-hydroxylation sites is 1. The van der Waals surface area contributed by atoms with Crippen LogP contribution in [0.2, 0.25) is 10.0 Å². The van der Waals surface area contributed by atoms with Crippen molar-refractivity contribution in [2.45, 2.75) is 13.3 Å². The molecule has 0 amide bonds. The summed E-state index contributed by atoms with van der Waals surface area (Å²) in [5, 5.41) is 10.0. The standard InChI is InChI=1S/C29H20Cl2FN5O2S/c1-2-12-39-24-11-8-17(13-23(24)32)26-18(16-36(34-26)20-6-4-3-5-7-20)14-25-28(38)37-29(40-25)33-27(35-37)21-10-9-19(30)15-22(21)31/h3-11,13-16H,2,12H2,1H3. The summed E-state index contributed by atoms with van der Waals surface area (Å²) in [6, 6.07) is 19.3. The second kappa shape index (κ2) is 10.8. The zero-order valence-electron chi connectivity index (χ0n) is 21.0. The van der Waals surface area contributed by atoms with Crippen LogP contribution in [-0.4, -0.2) is 31.0 Å². The minimum absolute atomic E-state index is 0.183. The number of nitrogens with zero attached hydrogens (tertiary/aromatic N) is 5. The Bertz CT molecular complexity index is 1970. The molecule has 0 unspecified atom stereocenters. The fraction of sp³-hybridized carbons (Fsp3) is 0.103. The summed E-state index contributed by atoms with van der Waals surface area (Å²) in [6.07, 6.45) is 4.30. The van der Waals surface area contributed by atoms with Crippen LogP contribution in [0.3, 0.4) is 0 Å². The molecule has 0 aliphatic heterocycles. The SMILES string of the molecule is CCCOc1ccc(-c2nn(-c3ccccc3)cc2C=c2sc3nc(-c4ccc(Cl)cc4Cl)nn3c2=O)cc1F. The fourth-order valence-electron chi connectivity index (χ4n) is 4.17. The number of hydrogen-bond donors (Lipinski definition) is 0. The molecule has 0 saturated heterocycles. The van der Waals surface area contributed by atoms with Gasteiger partial charge in [-0.15, -0.1) is 5.10 Å². The van der Waals surface area contributed by atoms with Gasteiger partial charge in [-0.2, -0.15) is 14.6 Å². The molecule has 0 spiro atoms. The summed E-state index contributed by atoms with van der Waals surface area (Å²) >= 11 is 13.5. The highest BCUT2D eigenvalue weighted by Gasteiger charge is 2.17. The van der Waals surface area contributed by atoms with Crippen LogP contribution in [0.5, 0.6) is 5.75 Å². The lowest BCUT2D eigenvalue weighted by molar-refractivity contribution is 0.301. The maximum atomic E-state index is 14.9. The number of hydrogen-bond acceptors (Lipinski definition) is 6. The highest BCUT2D eigenvalue weighted by Crippen LogP contribution is 2.30. The van der Waals surface area contributed by atoms with Crippen molar-refractivity contribution in [2.75, 3.05) is 6.61 Å². The van der Waals surface area contributed by atoms with Crippen molar-refractivity contribution in [1.82, 2.24) is 24.4 Å². The van der Waals surface area contributed by atoms with Gasteiger partial charge in [-0.05, 0) is 61.0 Å². The third-order valence-corrected chi connectivity index (χ3v) is 7.58. The molecule has 0 aliphatic carbocycles. The van der Waals surface area contributed by atoms with Gasteiger partial charge in [0, 0.05) is 27.9 Å². The monoisotopic (exact) mass is 591 g/mol. The van der Waals surface area contributed by atoms with Gasteiger partial charge in [0.05, 0.1) is 21.8 Å². The molecule has 0 saturated carbocycles. The van der Waals surface area contributed by atoms with Gasteiger partial charge in [-0.25, -0.2) is 9.07 Å². The second-order valence-corrected chi connectivity index (χ2v) is 10.7. The van der Waals surface area contributed by atoms with Crippen LogP contribution in [0, 0.1) is 5.82 Å². The van der Waals surface area contributed by atoms with E-state index in [0.717, 1.165) is 12.1 Å². The van der Waals surface area contributed by atoms with E-state index < -0.39 is 5.82 Å². The lowest BCUT2D eigenvalue weighted by Crippen LogP contribution is -2.23. The molecule has 7 nitrogen and oxygen atoms in total. The molecule has 0 aliphatic rings. The van der Waals surface area contributed by atoms with E-state index in [1.807, 2.05) is 37.3 Å². The molecule has 3 heterocycles. The van der Waals surface area contributed by atoms with Crippen molar-refractivity contribution < 1.29 is 9.13 Å². The van der Waals surface area contributed by atoms with E-state index in [-0.39, 0.29) is 11.3 Å². The molecule has 0 bridgehead atoms. The predicted octanol–water partition coefficient (Wildman–Crippen LogP) is 6.45. The van der Waals surface area contributed by atoms with Crippen LogP contribution < -0.4 is 14.8 Å². The molecule has 200 valence electrons. The van der Waals surface area contributed by atoms with E-state index in [0.29, 0.717) is 54.4 Å². The molecular weight excluding hydrogens is 572 g/mol. The van der Waals surface area contributed by atoms with E-state index >= 15 is 0 Å². The van der Waals surface area contributed by atoms with E-state index in [2.05, 4.69) is 10.1 Å². The molecule has 0 N–H and O–H groups in total. The van der Waals surface area contributed by atoms with E-state index in [9.17, 15) is 9.18 Å². The molecule has 11 heteroatoms. The number of aromatic nitrogens is 5. The molecule has 0 fully saturated rings. The predicted molar refractivity (Wildman–Crippen MR) is 156 cm³/mol. The number of ether oxygens (including phenoxy) is 1. The van der Waals surface area contributed by atoms with Crippen LogP contribution in [0.1, 0.15) is 18.9 Å². The summed E-state index contributed by atoms with van der Waals surface area (Å²) in [6.45, 7) is 2.38. The quantitative estimate of drug-likeness (QED) is 0.213. The van der Waals surface area contributed by atoms with Crippen molar-refractivity contribution in [1.29, 1.82) is 0 Å². The topological polar surface area (TPSA) is 74.3 Å². The molecule has 6 rings (SSSR count). The molecule has 40 heavy (non-hydrogen) atoms. The first kappa shape index (κ1) is 26.2. The van der Waals surface area contributed by atoms with Crippen molar-refractivity contribution in [3.63, 3.8) is 0 Å². The van der Waals surface area contributed by atoms with Crippen LogP contribution >= 0.6 is 34.5 Å². The lowest BCUT2D eigenvalue weighted by Gasteiger charge is -2.07. The lowest BCUT2D eigenvalue weighted by atomic mass is 10.1. The van der Waals surface area contributed by atoms with Gasteiger partial charge in [-0.3, -0.25) is 4.79 Å². The maximum absolute atomic E-state index is 14.9.